The van der Waals surface area contributed by atoms with Gasteiger partial charge in [0.2, 0.25) is 0 Å². The standard InChI is InChI=1S/C13H17NO5/c1-3-19-13(17)10-6-4-5-9(11(10)18-2)12(16)14-7-8-15/h4-6,15H,3,7-8H2,1-2H3,(H,14,16). The molecule has 0 atom stereocenters. The van der Waals surface area contributed by atoms with Crippen LogP contribution in [0.4, 0.5) is 0 Å². The van der Waals surface area contributed by atoms with Crippen LogP contribution >= 0.6 is 0 Å². The molecule has 0 bridgehead atoms. The summed E-state index contributed by atoms with van der Waals surface area (Å²) in [5, 5.41) is 11.2. The molecule has 0 saturated carbocycles. The fourth-order valence-corrected chi connectivity index (χ4v) is 1.57. The summed E-state index contributed by atoms with van der Waals surface area (Å²) in [6.07, 6.45) is 0. The zero-order valence-corrected chi connectivity index (χ0v) is 10.9. The van der Waals surface area contributed by atoms with Gasteiger partial charge in [-0.25, -0.2) is 4.79 Å². The second kappa shape index (κ2) is 7.38. The minimum atomic E-state index is -0.545. The predicted octanol–water partition coefficient (Wildman–Crippen LogP) is 0.594. The Kier molecular flexibility index (Phi) is 5.81. The SMILES string of the molecule is CCOC(=O)c1cccc(C(=O)NCCO)c1OC. The first-order valence-corrected chi connectivity index (χ1v) is 5.88. The quantitative estimate of drug-likeness (QED) is 0.737. The van der Waals surface area contributed by atoms with Gasteiger partial charge in [0.1, 0.15) is 11.3 Å². The number of nitrogens with one attached hydrogen (secondary N) is 1. The van der Waals surface area contributed by atoms with Crippen LogP contribution < -0.4 is 10.1 Å². The van der Waals surface area contributed by atoms with Crippen molar-refractivity contribution in [3.05, 3.63) is 29.3 Å². The molecule has 0 aliphatic carbocycles. The summed E-state index contributed by atoms with van der Waals surface area (Å²) in [7, 11) is 1.38. The van der Waals surface area contributed by atoms with Crippen molar-refractivity contribution in [1.29, 1.82) is 0 Å². The van der Waals surface area contributed by atoms with Gasteiger partial charge in [0.15, 0.2) is 0 Å². The molecule has 6 heteroatoms. The van der Waals surface area contributed by atoms with Crippen molar-refractivity contribution in [2.45, 2.75) is 6.92 Å². The Morgan fingerprint density at radius 2 is 2.00 bits per heavy atom. The molecule has 1 amide bonds. The number of methoxy groups -OCH3 is 1. The lowest BCUT2D eigenvalue weighted by Gasteiger charge is -2.12. The van der Waals surface area contributed by atoms with Crippen molar-refractivity contribution >= 4 is 11.9 Å². The molecule has 1 aromatic rings. The molecule has 1 rings (SSSR count). The summed E-state index contributed by atoms with van der Waals surface area (Å²) in [5.41, 5.74) is 0.419. The summed E-state index contributed by atoms with van der Waals surface area (Å²) in [5.74, 6) is -0.801. The molecule has 19 heavy (non-hydrogen) atoms. The van der Waals surface area contributed by atoms with E-state index in [0.29, 0.717) is 0 Å². The summed E-state index contributed by atoms with van der Waals surface area (Å²) >= 11 is 0. The maximum absolute atomic E-state index is 11.9. The first-order valence-electron chi connectivity index (χ1n) is 5.88. The smallest absolute Gasteiger partial charge is 0.341 e. The van der Waals surface area contributed by atoms with E-state index >= 15 is 0 Å². The van der Waals surface area contributed by atoms with Crippen LogP contribution in [0.1, 0.15) is 27.6 Å². The van der Waals surface area contributed by atoms with Crippen LogP contribution in [-0.4, -0.2) is 43.9 Å². The predicted molar refractivity (Wildman–Crippen MR) is 68.4 cm³/mol. The summed E-state index contributed by atoms with van der Waals surface area (Å²) < 4.78 is 10.0. The van der Waals surface area contributed by atoms with Gasteiger partial charge in [-0.15, -0.1) is 0 Å². The number of aliphatic hydroxyl groups is 1. The van der Waals surface area contributed by atoms with Crippen molar-refractivity contribution in [1.82, 2.24) is 5.32 Å². The number of amides is 1. The fraction of sp³-hybridized carbons (Fsp3) is 0.385. The van der Waals surface area contributed by atoms with Crippen LogP contribution in [0, 0.1) is 0 Å². The van der Waals surface area contributed by atoms with Crippen LogP contribution in [0.25, 0.3) is 0 Å². The van der Waals surface area contributed by atoms with Gasteiger partial charge >= 0.3 is 5.97 Å². The van der Waals surface area contributed by atoms with E-state index in [-0.39, 0.29) is 36.6 Å². The summed E-state index contributed by atoms with van der Waals surface area (Å²) in [6.45, 7) is 1.91. The van der Waals surface area contributed by atoms with E-state index in [9.17, 15) is 9.59 Å². The Labute approximate surface area is 111 Å². The third kappa shape index (κ3) is 3.69. The molecule has 1 aromatic carbocycles. The second-order valence-electron chi connectivity index (χ2n) is 3.59. The third-order valence-electron chi connectivity index (χ3n) is 2.36. The lowest BCUT2D eigenvalue weighted by Crippen LogP contribution is -2.27. The van der Waals surface area contributed by atoms with Gasteiger partial charge in [-0.3, -0.25) is 4.79 Å². The topological polar surface area (TPSA) is 84.9 Å². The van der Waals surface area contributed by atoms with Crippen LogP contribution in [-0.2, 0) is 4.74 Å². The average molecular weight is 267 g/mol. The molecule has 0 aliphatic rings. The van der Waals surface area contributed by atoms with Crippen LogP contribution in [0.5, 0.6) is 5.75 Å². The lowest BCUT2D eigenvalue weighted by molar-refractivity contribution is 0.0522. The minimum absolute atomic E-state index is 0.131. The molecule has 0 heterocycles. The maximum Gasteiger partial charge on any atom is 0.341 e. The van der Waals surface area contributed by atoms with E-state index in [0.717, 1.165) is 0 Å². The number of carbonyl (C=O) groups excluding carboxylic acids is 2. The average Bonchev–Trinajstić information content (AvgIpc) is 2.43. The number of hydrogen-bond donors (Lipinski definition) is 2. The van der Waals surface area contributed by atoms with Gasteiger partial charge in [0, 0.05) is 6.54 Å². The number of carbonyl (C=O) groups is 2. The number of ether oxygens (including phenoxy) is 2. The van der Waals surface area contributed by atoms with E-state index in [1.165, 1.54) is 19.2 Å². The van der Waals surface area contributed by atoms with E-state index < -0.39 is 11.9 Å². The van der Waals surface area contributed by atoms with Crippen molar-refractivity contribution < 1.29 is 24.2 Å². The number of hydrogen-bond acceptors (Lipinski definition) is 5. The number of aliphatic hydroxyl groups excluding tert-OH is 1. The van der Waals surface area contributed by atoms with Gasteiger partial charge in [-0.1, -0.05) is 6.07 Å². The molecular formula is C13H17NO5. The Morgan fingerprint density at radius 3 is 2.58 bits per heavy atom. The maximum atomic E-state index is 11.9. The molecule has 0 radical (unpaired) electrons. The van der Waals surface area contributed by atoms with Crippen molar-refractivity contribution in [3.8, 4) is 5.75 Å². The molecule has 2 N–H and O–H groups in total. The molecule has 6 nitrogen and oxygen atoms in total. The van der Waals surface area contributed by atoms with Crippen LogP contribution in [0.15, 0.2) is 18.2 Å². The number of rotatable bonds is 6. The molecule has 0 aromatic heterocycles. The first-order chi connectivity index (χ1) is 9.15. The Balaban J connectivity index is 3.09. The molecule has 104 valence electrons. The van der Waals surface area contributed by atoms with Gasteiger partial charge in [0.25, 0.3) is 5.91 Å². The highest BCUT2D eigenvalue weighted by Gasteiger charge is 2.20. The van der Waals surface area contributed by atoms with Gasteiger partial charge < -0.3 is 19.9 Å². The Bertz CT molecular complexity index is 458. The molecule has 0 spiro atoms. The monoisotopic (exact) mass is 267 g/mol. The van der Waals surface area contributed by atoms with Crippen molar-refractivity contribution in [2.24, 2.45) is 0 Å². The first kappa shape index (κ1) is 15.0. The van der Waals surface area contributed by atoms with Crippen LogP contribution in [0.2, 0.25) is 0 Å². The molecule has 0 saturated heterocycles. The van der Waals surface area contributed by atoms with E-state index in [1.54, 1.807) is 13.0 Å². The van der Waals surface area contributed by atoms with E-state index in [1.807, 2.05) is 0 Å². The number of esters is 1. The van der Waals surface area contributed by atoms with Crippen molar-refractivity contribution in [2.75, 3.05) is 26.9 Å². The van der Waals surface area contributed by atoms with Gasteiger partial charge in [-0.05, 0) is 19.1 Å². The lowest BCUT2D eigenvalue weighted by atomic mass is 10.1. The Hall–Kier alpha value is -2.08. The van der Waals surface area contributed by atoms with Crippen molar-refractivity contribution in [3.63, 3.8) is 0 Å². The summed E-state index contributed by atoms with van der Waals surface area (Å²) in [6, 6.07) is 4.64. The second-order valence-corrected chi connectivity index (χ2v) is 3.59. The number of para-hydroxylation sites is 1. The largest absolute Gasteiger partial charge is 0.495 e. The highest BCUT2D eigenvalue weighted by atomic mass is 16.5. The van der Waals surface area contributed by atoms with E-state index in [2.05, 4.69) is 5.32 Å². The Morgan fingerprint density at radius 1 is 1.32 bits per heavy atom. The zero-order chi connectivity index (χ0) is 14.3. The minimum Gasteiger partial charge on any atom is -0.495 e. The fourth-order valence-electron chi connectivity index (χ4n) is 1.57. The molecule has 0 fully saturated rings. The number of benzene rings is 1. The van der Waals surface area contributed by atoms with Gasteiger partial charge in [-0.2, -0.15) is 0 Å². The van der Waals surface area contributed by atoms with Gasteiger partial charge in [0.05, 0.1) is 25.9 Å². The highest BCUT2D eigenvalue weighted by molar-refractivity contribution is 6.02. The molecule has 0 aliphatic heterocycles. The highest BCUT2D eigenvalue weighted by Crippen LogP contribution is 2.24. The van der Waals surface area contributed by atoms with E-state index in [4.69, 9.17) is 14.6 Å². The summed E-state index contributed by atoms with van der Waals surface area (Å²) in [4.78, 5) is 23.6. The molecular weight excluding hydrogens is 250 g/mol. The third-order valence-corrected chi connectivity index (χ3v) is 2.36. The normalized spacial score (nSPS) is 9.84. The molecule has 0 unspecified atom stereocenters. The zero-order valence-electron chi connectivity index (χ0n) is 10.9. The van der Waals surface area contributed by atoms with Crippen LogP contribution in [0.3, 0.4) is 0 Å².